The van der Waals surface area contributed by atoms with Gasteiger partial charge in [0.25, 0.3) is 0 Å². The maximum Gasteiger partial charge on any atom is 0.202 e. The van der Waals surface area contributed by atoms with Crippen molar-refractivity contribution < 1.29 is 5.11 Å². The minimum Gasteiger partial charge on any atom is -0.385 e. The summed E-state index contributed by atoms with van der Waals surface area (Å²) in [7, 11) is 0. The molecule has 1 heterocycles. The molecule has 1 aromatic carbocycles. The predicted octanol–water partition coefficient (Wildman–Crippen LogP) is 3.13. The summed E-state index contributed by atoms with van der Waals surface area (Å²) in [6.45, 7) is 2.53. The second kappa shape index (κ2) is 5.50. The highest BCUT2D eigenvalue weighted by Crippen LogP contribution is 2.39. The Kier molecular flexibility index (Phi) is 3.72. The molecule has 2 aromatic rings. The lowest BCUT2D eigenvalue weighted by molar-refractivity contribution is 0.0515. The number of hydrogen-bond acceptors (Lipinski definition) is 5. The molecule has 3 rings (SSSR count). The first-order valence-corrected chi connectivity index (χ1v) is 7.78. The summed E-state index contributed by atoms with van der Waals surface area (Å²) in [6.07, 6.45) is 3.08. The fourth-order valence-corrected chi connectivity index (χ4v) is 2.84. The molecule has 1 aliphatic carbocycles. The summed E-state index contributed by atoms with van der Waals surface area (Å²) in [5, 5.41) is 14.6. The number of rotatable bonds is 6. The van der Waals surface area contributed by atoms with Crippen LogP contribution in [0.3, 0.4) is 0 Å². The van der Waals surface area contributed by atoms with E-state index >= 15 is 0 Å². The Morgan fingerprint density at radius 2 is 2.10 bits per heavy atom. The topological polar surface area (TPSA) is 58.0 Å². The van der Waals surface area contributed by atoms with Crippen molar-refractivity contribution >= 4 is 16.7 Å². The van der Waals surface area contributed by atoms with E-state index in [-0.39, 0.29) is 0 Å². The highest BCUT2D eigenvalue weighted by Gasteiger charge is 2.28. The average Bonchev–Trinajstić information content (AvgIpc) is 3.20. The number of nitrogens with one attached hydrogen (secondary N) is 1. The van der Waals surface area contributed by atoms with Gasteiger partial charge in [-0.2, -0.15) is 4.37 Å². The van der Waals surface area contributed by atoms with Crippen LogP contribution in [-0.2, 0) is 5.60 Å². The van der Waals surface area contributed by atoms with Crippen molar-refractivity contribution in [2.24, 2.45) is 0 Å². The van der Waals surface area contributed by atoms with E-state index < -0.39 is 5.60 Å². The Balaban J connectivity index is 1.53. The van der Waals surface area contributed by atoms with Crippen LogP contribution in [0, 0.1) is 0 Å². The number of hydrogen-bond donors (Lipinski definition) is 2. The number of nitrogens with zero attached hydrogens (tertiary/aromatic N) is 2. The van der Waals surface area contributed by atoms with Gasteiger partial charge in [0.1, 0.15) is 5.82 Å². The first kappa shape index (κ1) is 13.5. The summed E-state index contributed by atoms with van der Waals surface area (Å²) in [6, 6.07) is 9.76. The van der Waals surface area contributed by atoms with Crippen molar-refractivity contribution in [2.75, 3.05) is 11.9 Å². The summed E-state index contributed by atoms with van der Waals surface area (Å²) in [4.78, 5) is 4.48. The normalized spacial score (nSPS) is 17.7. The van der Waals surface area contributed by atoms with E-state index in [1.807, 2.05) is 37.3 Å². The average molecular weight is 289 g/mol. The minimum absolute atomic E-state index is 0.592. The number of aliphatic hydroxyl groups is 1. The lowest BCUT2D eigenvalue weighted by Crippen LogP contribution is -2.24. The molecule has 0 spiro atoms. The van der Waals surface area contributed by atoms with E-state index in [1.165, 1.54) is 24.4 Å². The Morgan fingerprint density at radius 1 is 1.35 bits per heavy atom. The van der Waals surface area contributed by atoms with Gasteiger partial charge in [-0.3, -0.25) is 0 Å². The highest BCUT2D eigenvalue weighted by molar-refractivity contribution is 7.09. The summed E-state index contributed by atoms with van der Waals surface area (Å²) in [5.74, 6) is 1.57. The highest BCUT2D eigenvalue weighted by atomic mass is 32.1. The molecule has 106 valence electrons. The zero-order chi connectivity index (χ0) is 14.0. The van der Waals surface area contributed by atoms with Crippen LogP contribution in [0.4, 0.5) is 5.13 Å². The molecule has 1 atom stereocenters. The summed E-state index contributed by atoms with van der Waals surface area (Å²) >= 11 is 1.41. The zero-order valence-electron chi connectivity index (χ0n) is 11.5. The molecule has 1 saturated carbocycles. The lowest BCUT2D eigenvalue weighted by atomic mass is 9.93. The number of anilines is 1. The molecule has 0 amide bonds. The monoisotopic (exact) mass is 289 g/mol. The van der Waals surface area contributed by atoms with Gasteiger partial charge in [-0.15, -0.1) is 0 Å². The predicted molar refractivity (Wildman–Crippen MR) is 81.0 cm³/mol. The smallest absolute Gasteiger partial charge is 0.202 e. The third kappa shape index (κ3) is 3.16. The van der Waals surface area contributed by atoms with Crippen LogP contribution in [0.2, 0.25) is 0 Å². The van der Waals surface area contributed by atoms with Crippen molar-refractivity contribution in [1.82, 2.24) is 9.36 Å². The molecule has 1 unspecified atom stereocenters. The van der Waals surface area contributed by atoms with Gasteiger partial charge in [-0.1, -0.05) is 30.3 Å². The summed E-state index contributed by atoms with van der Waals surface area (Å²) < 4.78 is 4.36. The molecule has 0 saturated heterocycles. The van der Waals surface area contributed by atoms with Crippen molar-refractivity contribution in [3.05, 3.63) is 41.7 Å². The third-order valence-electron chi connectivity index (χ3n) is 3.67. The molecule has 20 heavy (non-hydrogen) atoms. The summed E-state index contributed by atoms with van der Waals surface area (Å²) in [5.41, 5.74) is 0.121. The van der Waals surface area contributed by atoms with Gasteiger partial charge in [0, 0.05) is 24.0 Å². The maximum atomic E-state index is 10.5. The van der Waals surface area contributed by atoms with Crippen LogP contribution < -0.4 is 5.32 Å². The Labute approximate surface area is 123 Å². The lowest BCUT2D eigenvalue weighted by Gasteiger charge is -2.23. The van der Waals surface area contributed by atoms with Crippen LogP contribution in [0.5, 0.6) is 0 Å². The van der Waals surface area contributed by atoms with Crippen molar-refractivity contribution in [2.45, 2.75) is 37.7 Å². The van der Waals surface area contributed by atoms with Crippen LogP contribution in [-0.4, -0.2) is 21.0 Å². The van der Waals surface area contributed by atoms with Gasteiger partial charge >= 0.3 is 0 Å². The Morgan fingerprint density at radius 3 is 2.80 bits per heavy atom. The van der Waals surface area contributed by atoms with Crippen LogP contribution in [0.25, 0.3) is 0 Å². The van der Waals surface area contributed by atoms with Gasteiger partial charge in [0.05, 0.1) is 5.60 Å². The van der Waals surface area contributed by atoms with Crippen LogP contribution >= 0.6 is 11.5 Å². The minimum atomic E-state index is -0.821. The van der Waals surface area contributed by atoms with E-state index in [0.717, 1.165) is 16.5 Å². The number of aromatic nitrogens is 2. The molecular weight excluding hydrogens is 270 g/mol. The zero-order valence-corrected chi connectivity index (χ0v) is 12.4. The third-order valence-corrected chi connectivity index (χ3v) is 4.35. The number of benzene rings is 1. The quantitative estimate of drug-likeness (QED) is 0.858. The molecule has 5 heteroatoms. The fraction of sp³-hybridized carbons (Fsp3) is 0.467. The van der Waals surface area contributed by atoms with Crippen molar-refractivity contribution in [3.63, 3.8) is 0 Å². The SMILES string of the molecule is CC(O)(CCNc1nc(C2CC2)ns1)c1ccccc1. The van der Waals surface area contributed by atoms with Crippen LogP contribution in [0.1, 0.15) is 43.5 Å². The van der Waals surface area contributed by atoms with E-state index in [9.17, 15) is 5.11 Å². The van der Waals surface area contributed by atoms with Crippen molar-refractivity contribution in [3.8, 4) is 0 Å². The van der Waals surface area contributed by atoms with E-state index in [0.29, 0.717) is 18.9 Å². The van der Waals surface area contributed by atoms with Gasteiger partial charge in [0.2, 0.25) is 5.13 Å². The van der Waals surface area contributed by atoms with E-state index in [1.54, 1.807) is 0 Å². The molecule has 0 bridgehead atoms. The van der Waals surface area contributed by atoms with E-state index in [4.69, 9.17) is 0 Å². The molecule has 4 nitrogen and oxygen atoms in total. The first-order chi connectivity index (χ1) is 9.65. The molecule has 1 aromatic heterocycles. The first-order valence-electron chi connectivity index (χ1n) is 7.00. The van der Waals surface area contributed by atoms with Gasteiger partial charge in [0.15, 0.2) is 0 Å². The van der Waals surface area contributed by atoms with E-state index in [2.05, 4.69) is 14.7 Å². The van der Waals surface area contributed by atoms with Crippen LogP contribution in [0.15, 0.2) is 30.3 Å². The maximum absolute atomic E-state index is 10.5. The largest absolute Gasteiger partial charge is 0.385 e. The van der Waals surface area contributed by atoms with Crippen molar-refractivity contribution in [1.29, 1.82) is 0 Å². The molecule has 1 aliphatic rings. The molecule has 0 aliphatic heterocycles. The molecule has 0 radical (unpaired) electrons. The second-order valence-electron chi connectivity index (χ2n) is 5.55. The van der Waals surface area contributed by atoms with Gasteiger partial charge in [-0.25, -0.2) is 4.98 Å². The Bertz CT molecular complexity index is 564. The standard InChI is InChI=1S/C15H19N3OS/c1-15(19,12-5-3-2-4-6-12)9-10-16-14-17-13(18-20-14)11-7-8-11/h2-6,11,19H,7-10H2,1H3,(H,16,17,18). The second-order valence-corrected chi connectivity index (χ2v) is 6.30. The fourth-order valence-electron chi connectivity index (χ4n) is 2.17. The molecule has 1 fully saturated rings. The Hall–Kier alpha value is -1.46. The molecule has 2 N–H and O–H groups in total. The van der Waals surface area contributed by atoms with Gasteiger partial charge in [-0.05, 0) is 31.7 Å². The molecular formula is C15H19N3OS. The van der Waals surface area contributed by atoms with Gasteiger partial charge < -0.3 is 10.4 Å².